The number of carboxylic acid groups (broad SMARTS) is 1. The van der Waals surface area contributed by atoms with E-state index in [0.717, 1.165) is 11.1 Å². The Bertz CT molecular complexity index is 1210. The summed E-state index contributed by atoms with van der Waals surface area (Å²) in [5, 5.41) is 12.9. The Hall–Kier alpha value is -3.45. The van der Waals surface area contributed by atoms with Crippen LogP contribution in [0.15, 0.2) is 54.6 Å². The zero-order chi connectivity index (χ0) is 24.4. The molecule has 0 aromatic heterocycles. The number of hydrogen-bond acceptors (Lipinski definition) is 4. The molecule has 0 saturated heterocycles. The second kappa shape index (κ2) is 9.81. The highest BCUT2D eigenvalue weighted by atomic mass is 19.1. The summed E-state index contributed by atoms with van der Waals surface area (Å²) in [6, 6.07) is 15.4. The molecule has 3 aromatic rings. The lowest BCUT2D eigenvalue weighted by Crippen LogP contribution is -2.37. The van der Waals surface area contributed by atoms with Crippen LogP contribution < -0.4 is 14.8 Å². The lowest BCUT2D eigenvalue weighted by Gasteiger charge is -2.33. The van der Waals surface area contributed by atoms with E-state index in [1.54, 1.807) is 31.2 Å². The largest absolute Gasteiger partial charge is 0.494 e. The smallest absolute Gasteiger partial charge is 0.338 e. The first-order valence-electron chi connectivity index (χ1n) is 11.1. The summed E-state index contributed by atoms with van der Waals surface area (Å²) in [6.45, 7) is 4.01. The Kier molecular flexibility index (Phi) is 6.84. The summed E-state index contributed by atoms with van der Waals surface area (Å²) in [6.07, 6.45) is 0.196. The van der Waals surface area contributed by atoms with Gasteiger partial charge in [-0.05, 0) is 55.2 Å². The van der Waals surface area contributed by atoms with Gasteiger partial charge in [-0.15, -0.1) is 0 Å². The maximum absolute atomic E-state index is 15.3. The average molecular weight is 468 g/mol. The van der Waals surface area contributed by atoms with Gasteiger partial charge in [0.2, 0.25) is 0 Å². The van der Waals surface area contributed by atoms with Gasteiger partial charge in [0.1, 0.15) is 17.7 Å². The molecule has 5 nitrogen and oxygen atoms in total. The van der Waals surface area contributed by atoms with Crippen LogP contribution in [-0.2, 0) is 0 Å². The van der Waals surface area contributed by atoms with E-state index in [1.165, 1.54) is 13.2 Å². The number of ether oxygens (including phenoxy) is 2. The summed E-state index contributed by atoms with van der Waals surface area (Å²) >= 11 is 0. The molecule has 34 heavy (non-hydrogen) atoms. The van der Waals surface area contributed by atoms with Crippen molar-refractivity contribution in [3.63, 3.8) is 0 Å². The number of nitrogens with one attached hydrogen (secondary N) is 1. The lowest BCUT2D eigenvalue weighted by molar-refractivity contribution is 0.0690. The van der Waals surface area contributed by atoms with Crippen LogP contribution >= 0.6 is 0 Å². The van der Waals surface area contributed by atoms with E-state index < -0.39 is 17.6 Å². The topological polar surface area (TPSA) is 67.8 Å². The van der Waals surface area contributed by atoms with Crippen LogP contribution in [0.4, 0.5) is 8.78 Å². The molecule has 0 fully saturated rings. The highest BCUT2D eigenvalue weighted by molar-refractivity contribution is 5.90. The Morgan fingerprint density at radius 1 is 1.18 bits per heavy atom. The van der Waals surface area contributed by atoms with Crippen molar-refractivity contribution in [1.82, 2.24) is 5.32 Å². The minimum absolute atomic E-state index is 0.108. The van der Waals surface area contributed by atoms with Crippen molar-refractivity contribution in [1.29, 1.82) is 0 Å². The minimum atomic E-state index is -1.28. The van der Waals surface area contributed by atoms with Gasteiger partial charge in [0.05, 0.1) is 12.7 Å². The van der Waals surface area contributed by atoms with Gasteiger partial charge in [-0.2, -0.15) is 0 Å². The number of halogens is 2. The standard InChI is InChI=1S/C27H27F2NO4/c1-15-8-10-20(26(29)25(15)27(31)32)21-13-18(34-23-7-5-4-6-19(21)23)14-30-16(2)17-9-11-22(28)24(12-17)33-3/h4-12,16,18,21,30H,13-14H2,1-3H3,(H,31,32)/t16-,18?,21?/m1/s1. The van der Waals surface area contributed by atoms with Crippen molar-refractivity contribution >= 4 is 5.97 Å². The Balaban J connectivity index is 1.58. The molecule has 178 valence electrons. The van der Waals surface area contributed by atoms with Gasteiger partial charge in [0, 0.05) is 24.1 Å². The second-order valence-electron chi connectivity index (χ2n) is 8.56. The van der Waals surface area contributed by atoms with Gasteiger partial charge >= 0.3 is 5.97 Å². The van der Waals surface area contributed by atoms with Crippen molar-refractivity contribution in [2.45, 2.75) is 38.3 Å². The number of carbonyl (C=O) groups is 1. The van der Waals surface area contributed by atoms with Crippen LogP contribution in [0.2, 0.25) is 0 Å². The fourth-order valence-corrected chi connectivity index (χ4v) is 4.50. The van der Waals surface area contributed by atoms with Crippen LogP contribution in [0.1, 0.15) is 57.9 Å². The van der Waals surface area contributed by atoms with Crippen molar-refractivity contribution < 1.29 is 28.2 Å². The number of hydrogen-bond donors (Lipinski definition) is 2. The van der Waals surface area contributed by atoms with Gasteiger partial charge in [-0.3, -0.25) is 0 Å². The summed E-state index contributed by atoms with van der Waals surface area (Å²) in [5.74, 6) is -1.92. The molecule has 1 aliphatic rings. The van der Waals surface area contributed by atoms with E-state index in [1.807, 2.05) is 31.2 Å². The quantitative estimate of drug-likeness (QED) is 0.473. The summed E-state index contributed by atoms with van der Waals surface area (Å²) in [7, 11) is 1.42. The Morgan fingerprint density at radius 2 is 1.94 bits per heavy atom. The fraction of sp³-hybridized carbons (Fsp3) is 0.296. The molecule has 0 radical (unpaired) electrons. The Morgan fingerprint density at radius 3 is 2.68 bits per heavy atom. The van der Waals surface area contributed by atoms with Gasteiger partial charge in [-0.25, -0.2) is 13.6 Å². The molecular formula is C27H27F2NO4. The summed E-state index contributed by atoms with van der Waals surface area (Å²) in [4.78, 5) is 11.7. The SMILES string of the molecule is COc1cc([C@@H](C)NCC2CC(c3ccc(C)c(C(=O)O)c3F)c3ccccc3O2)ccc1F. The fourth-order valence-electron chi connectivity index (χ4n) is 4.50. The number of benzene rings is 3. The zero-order valence-corrected chi connectivity index (χ0v) is 19.3. The summed E-state index contributed by atoms with van der Waals surface area (Å²) < 4.78 is 40.4. The lowest BCUT2D eigenvalue weighted by atomic mass is 9.82. The highest BCUT2D eigenvalue weighted by Crippen LogP contribution is 2.42. The number of aromatic carboxylic acids is 1. The van der Waals surface area contributed by atoms with E-state index in [2.05, 4.69) is 5.32 Å². The zero-order valence-electron chi connectivity index (χ0n) is 19.3. The second-order valence-corrected chi connectivity index (χ2v) is 8.56. The molecule has 0 saturated carbocycles. The van der Waals surface area contributed by atoms with E-state index in [4.69, 9.17) is 9.47 Å². The molecule has 3 aromatic carbocycles. The molecule has 1 heterocycles. The molecule has 0 amide bonds. The molecule has 2 unspecified atom stereocenters. The van der Waals surface area contributed by atoms with Gasteiger partial charge in [0.15, 0.2) is 11.6 Å². The average Bonchev–Trinajstić information content (AvgIpc) is 2.82. The third kappa shape index (κ3) is 4.61. The van der Waals surface area contributed by atoms with Crippen molar-refractivity contribution in [3.05, 3.63) is 94.0 Å². The van der Waals surface area contributed by atoms with Crippen LogP contribution in [0.25, 0.3) is 0 Å². The molecule has 0 aliphatic carbocycles. The molecule has 2 N–H and O–H groups in total. The normalized spacial score (nSPS) is 18.0. The number of carboxylic acids is 1. The third-order valence-electron chi connectivity index (χ3n) is 6.38. The van der Waals surface area contributed by atoms with E-state index in [9.17, 15) is 14.3 Å². The molecule has 3 atom stereocenters. The van der Waals surface area contributed by atoms with Gasteiger partial charge < -0.3 is 19.9 Å². The number of aryl methyl sites for hydroxylation is 1. The number of para-hydroxylation sites is 1. The van der Waals surface area contributed by atoms with Crippen LogP contribution in [-0.4, -0.2) is 30.8 Å². The van der Waals surface area contributed by atoms with E-state index >= 15 is 4.39 Å². The first kappa shape index (κ1) is 23.7. The van der Waals surface area contributed by atoms with Crippen molar-refractivity contribution in [3.8, 4) is 11.5 Å². The number of fused-ring (bicyclic) bond motifs is 1. The Labute approximate surface area is 197 Å². The molecule has 0 spiro atoms. The first-order valence-corrected chi connectivity index (χ1v) is 11.1. The van der Waals surface area contributed by atoms with Crippen LogP contribution in [0.3, 0.4) is 0 Å². The maximum Gasteiger partial charge on any atom is 0.338 e. The van der Waals surface area contributed by atoms with E-state index in [-0.39, 0.29) is 29.4 Å². The monoisotopic (exact) mass is 467 g/mol. The van der Waals surface area contributed by atoms with Crippen molar-refractivity contribution in [2.24, 2.45) is 0 Å². The van der Waals surface area contributed by atoms with Gasteiger partial charge in [-0.1, -0.05) is 36.4 Å². The predicted octanol–water partition coefficient (Wildman–Crippen LogP) is 5.61. The van der Waals surface area contributed by atoms with Crippen LogP contribution in [0, 0.1) is 18.6 Å². The molecule has 4 rings (SSSR count). The number of methoxy groups -OCH3 is 1. The first-order chi connectivity index (χ1) is 16.3. The molecule has 1 aliphatic heterocycles. The molecular weight excluding hydrogens is 440 g/mol. The highest BCUT2D eigenvalue weighted by Gasteiger charge is 2.32. The van der Waals surface area contributed by atoms with Crippen LogP contribution in [0.5, 0.6) is 11.5 Å². The van der Waals surface area contributed by atoms with Crippen molar-refractivity contribution in [2.75, 3.05) is 13.7 Å². The third-order valence-corrected chi connectivity index (χ3v) is 6.38. The minimum Gasteiger partial charge on any atom is -0.494 e. The number of rotatable bonds is 7. The van der Waals surface area contributed by atoms with Gasteiger partial charge in [0.25, 0.3) is 0 Å². The predicted molar refractivity (Wildman–Crippen MR) is 125 cm³/mol. The summed E-state index contributed by atoms with van der Waals surface area (Å²) in [5.41, 5.74) is 2.13. The molecule has 0 bridgehead atoms. The maximum atomic E-state index is 15.3. The molecule has 7 heteroatoms. The van der Waals surface area contributed by atoms with E-state index in [0.29, 0.717) is 29.8 Å².